The molecule has 0 aliphatic heterocycles. The van der Waals surface area contributed by atoms with Crippen LogP contribution in [0.15, 0.2) is 18.5 Å². The van der Waals surface area contributed by atoms with Gasteiger partial charge in [0.1, 0.15) is 4.99 Å². The Bertz CT molecular complexity index is 325. The van der Waals surface area contributed by atoms with Crippen molar-refractivity contribution in [3.63, 3.8) is 0 Å². The summed E-state index contributed by atoms with van der Waals surface area (Å²) in [5, 5.41) is 0. The number of nitrogens with two attached hydrogens (primary N) is 1. The average molecular weight is 209 g/mol. The second-order valence-corrected chi connectivity index (χ2v) is 3.62. The molecule has 0 fully saturated rings. The number of aromatic nitrogens is 1. The Labute approximate surface area is 89.9 Å². The van der Waals surface area contributed by atoms with Gasteiger partial charge in [0.15, 0.2) is 0 Å². The normalized spacial score (nSPS) is 9.86. The highest BCUT2D eigenvalue weighted by Crippen LogP contribution is 2.17. The molecule has 0 radical (unpaired) electrons. The standard InChI is InChI=1S/C10H15N3S/c1-3-6-13(2)9-7-12-5-4-8(9)10(11)14/h4-5,7H,3,6H2,1-2H3,(H2,11,14). The first kappa shape index (κ1) is 10.9. The van der Waals surface area contributed by atoms with E-state index in [9.17, 15) is 0 Å². The summed E-state index contributed by atoms with van der Waals surface area (Å²) in [5.74, 6) is 0. The van der Waals surface area contributed by atoms with Crippen molar-refractivity contribution in [1.29, 1.82) is 0 Å². The SMILES string of the molecule is CCCN(C)c1cnccc1C(N)=S. The fraction of sp³-hybridized carbons (Fsp3) is 0.400. The quantitative estimate of drug-likeness (QED) is 0.764. The van der Waals surface area contributed by atoms with E-state index in [1.807, 2.05) is 13.1 Å². The Morgan fingerprint density at radius 2 is 2.36 bits per heavy atom. The van der Waals surface area contributed by atoms with E-state index in [1.54, 1.807) is 12.4 Å². The van der Waals surface area contributed by atoms with Gasteiger partial charge >= 0.3 is 0 Å². The Kier molecular flexibility index (Phi) is 3.83. The largest absolute Gasteiger partial charge is 0.389 e. The lowest BCUT2D eigenvalue weighted by molar-refractivity contribution is 0.849. The van der Waals surface area contributed by atoms with Crippen LogP contribution in [0.25, 0.3) is 0 Å². The summed E-state index contributed by atoms with van der Waals surface area (Å²) in [6, 6.07) is 1.85. The fourth-order valence-corrected chi connectivity index (χ4v) is 1.53. The van der Waals surface area contributed by atoms with Gasteiger partial charge in [0, 0.05) is 25.4 Å². The highest BCUT2D eigenvalue weighted by atomic mass is 32.1. The third kappa shape index (κ3) is 2.42. The summed E-state index contributed by atoms with van der Waals surface area (Å²) in [5.41, 5.74) is 7.52. The molecule has 1 heterocycles. The van der Waals surface area contributed by atoms with Gasteiger partial charge in [-0.3, -0.25) is 4.98 Å². The maximum absolute atomic E-state index is 5.63. The molecule has 0 aliphatic rings. The molecule has 3 nitrogen and oxygen atoms in total. The van der Waals surface area contributed by atoms with E-state index in [4.69, 9.17) is 18.0 Å². The molecule has 0 aromatic carbocycles. The van der Waals surface area contributed by atoms with Crippen LogP contribution in [-0.4, -0.2) is 23.6 Å². The highest BCUT2D eigenvalue weighted by Gasteiger charge is 2.08. The number of hydrogen-bond donors (Lipinski definition) is 1. The minimum Gasteiger partial charge on any atom is -0.389 e. The Hall–Kier alpha value is -1.16. The predicted octanol–water partition coefficient (Wildman–Crippen LogP) is 1.56. The van der Waals surface area contributed by atoms with Crippen molar-refractivity contribution < 1.29 is 0 Å². The van der Waals surface area contributed by atoms with Crippen molar-refractivity contribution in [3.8, 4) is 0 Å². The number of thiocarbonyl (C=S) groups is 1. The van der Waals surface area contributed by atoms with E-state index in [1.165, 1.54) is 0 Å². The van der Waals surface area contributed by atoms with Crippen molar-refractivity contribution in [2.75, 3.05) is 18.5 Å². The van der Waals surface area contributed by atoms with Crippen LogP contribution in [0.5, 0.6) is 0 Å². The molecule has 1 rings (SSSR count). The van der Waals surface area contributed by atoms with Crippen LogP contribution in [0.3, 0.4) is 0 Å². The van der Waals surface area contributed by atoms with Crippen LogP contribution in [0.4, 0.5) is 5.69 Å². The van der Waals surface area contributed by atoms with Gasteiger partial charge in [0.05, 0.1) is 11.9 Å². The van der Waals surface area contributed by atoms with Gasteiger partial charge in [-0.25, -0.2) is 0 Å². The third-order valence-electron chi connectivity index (χ3n) is 2.04. The van der Waals surface area contributed by atoms with Gasteiger partial charge in [-0.15, -0.1) is 0 Å². The second-order valence-electron chi connectivity index (χ2n) is 3.18. The van der Waals surface area contributed by atoms with Crippen LogP contribution < -0.4 is 10.6 Å². The molecule has 2 N–H and O–H groups in total. The Morgan fingerprint density at radius 3 is 2.93 bits per heavy atom. The minimum absolute atomic E-state index is 0.422. The molecule has 1 aromatic rings. The molecule has 0 amide bonds. The van der Waals surface area contributed by atoms with Gasteiger partial charge in [-0.2, -0.15) is 0 Å². The van der Waals surface area contributed by atoms with Crippen molar-refractivity contribution in [1.82, 2.24) is 4.98 Å². The Balaban J connectivity index is 3.00. The first-order chi connectivity index (χ1) is 6.66. The Morgan fingerprint density at radius 1 is 1.64 bits per heavy atom. The zero-order chi connectivity index (χ0) is 10.6. The smallest absolute Gasteiger partial charge is 0.106 e. The monoisotopic (exact) mass is 209 g/mol. The molecule has 0 bridgehead atoms. The lowest BCUT2D eigenvalue weighted by Crippen LogP contribution is -2.22. The van der Waals surface area contributed by atoms with Gasteiger partial charge in [-0.05, 0) is 12.5 Å². The van der Waals surface area contributed by atoms with Gasteiger partial charge in [0.2, 0.25) is 0 Å². The first-order valence-corrected chi connectivity index (χ1v) is 5.02. The van der Waals surface area contributed by atoms with Crippen molar-refractivity contribution in [2.45, 2.75) is 13.3 Å². The molecule has 0 spiro atoms. The predicted molar refractivity (Wildman–Crippen MR) is 63.7 cm³/mol. The van der Waals surface area contributed by atoms with Crippen molar-refractivity contribution in [3.05, 3.63) is 24.0 Å². The molecule has 14 heavy (non-hydrogen) atoms. The average Bonchev–Trinajstić information content (AvgIpc) is 2.18. The topological polar surface area (TPSA) is 42.2 Å². The first-order valence-electron chi connectivity index (χ1n) is 4.61. The maximum Gasteiger partial charge on any atom is 0.106 e. The number of rotatable bonds is 4. The fourth-order valence-electron chi connectivity index (χ4n) is 1.35. The summed E-state index contributed by atoms with van der Waals surface area (Å²) < 4.78 is 0. The number of hydrogen-bond acceptors (Lipinski definition) is 3. The summed E-state index contributed by atoms with van der Waals surface area (Å²) in [6.07, 6.45) is 4.59. The minimum atomic E-state index is 0.422. The van der Waals surface area contributed by atoms with E-state index in [2.05, 4.69) is 16.8 Å². The molecule has 4 heteroatoms. The highest BCUT2D eigenvalue weighted by molar-refractivity contribution is 7.80. The van der Waals surface area contributed by atoms with Crippen molar-refractivity contribution >= 4 is 22.9 Å². The van der Waals surface area contributed by atoms with Gasteiger partial charge < -0.3 is 10.6 Å². The molecule has 76 valence electrons. The van der Waals surface area contributed by atoms with E-state index in [-0.39, 0.29) is 0 Å². The zero-order valence-electron chi connectivity index (χ0n) is 8.53. The maximum atomic E-state index is 5.63. The van der Waals surface area contributed by atoms with Crippen LogP contribution in [0.2, 0.25) is 0 Å². The molecule has 0 saturated heterocycles. The zero-order valence-corrected chi connectivity index (χ0v) is 9.34. The van der Waals surface area contributed by atoms with Gasteiger partial charge in [-0.1, -0.05) is 19.1 Å². The third-order valence-corrected chi connectivity index (χ3v) is 2.26. The number of anilines is 1. The molecular formula is C10H15N3S. The van der Waals surface area contributed by atoms with E-state index >= 15 is 0 Å². The van der Waals surface area contributed by atoms with Crippen LogP contribution in [0.1, 0.15) is 18.9 Å². The van der Waals surface area contributed by atoms with E-state index < -0.39 is 0 Å². The summed E-state index contributed by atoms with van der Waals surface area (Å²) >= 11 is 4.98. The van der Waals surface area contributed by atoms with Crippen LogP contribution in [-0.2, 0) is 0 Å². The lowest BCUT2D eigenvalue weighted by atomic mass is 10.2. The van der Waals surface area contributed by atoms with Crippen molar-refractivity contribution in [2.24, 2.45) is 5.73 Å². The number of pyridine rings is 1. The second kappa shape index (κ2) is 4.91. The lowest BCUT2D eigenvalue weighted by Gasteiger charge is -2.20. The van der Waals surface area contributed by atoms with Crippen LogP contribution in [0, 0.1) is 0 Å². The molecule has 1 aromatic heterocycles. The summed E-state index contributed by atoms with van der Waals surface area (Å²) in [6.45, 7) is 3.11. The molecule has 0 saturated carbocycles. The molecule has 0 atom stereocenters. The summed E-state index contributed by atoms with van der Waals surface area (Å²) in [4.78, 5) is 6.61. The molecule has 0 unspecified atom stereocenters. The van der Waals surface area contributed by atoms with E-state index in [0.29, 0.717) is 4.99 Å². The summed E-state index contributed by atoms with van der Waals surface area (Å²) in [7, 11) is 2.02. The van der Waals surface area contributed by atoms with Crippen LogP contribution >= 0.6 is 12.2 Å². The number of nitrogens with zero attached hydrogens (tertiary/aromatic N) is 2. The molecule has 0 aliphatic carbocycles. The van der Waals surface area contributed by atoms with E-state index in [0.717, 1.165) is 24.2 Å². The molecular weight excluding hydrogens is 194 g/mol. The van der Waals surface area contributed by atoms with Gasteiger partial charge in [0.25, 0.3) is 0 Å².